The standard InChI is InChI=1S/C11H18N4O2/c1-7-8(3-4-17-7)5-13-11-9(16-2)10(12)14-6-15-11/h6-8H,3-5H2,1-2H3,(H3,12,13,14,15). The van der Waals surface area contributed by atoms with E-state index in [0.717, 1.165) is 19.6 Å². The highest BCUT2D eigenvalue weighted by Gasteiger charge is 2.24. The van der Waals surface area contributed by atoms with Crippen molar-refractivity contribution in [1.82, 2.24) is 9.97 Å². The van der Waals surface area contributed by atoms with Gasteiger partial charge in [-0.1, -0.05) is 0 Å². The van der Waals surface area contributed by atoms with Gasteiger partial charge in [-0.2, -0.15) is 0 Å². The molecule has 2 rings (SSSR count). The highest BCUT2D eigenvalue weighted by molar-refractivity contribution is 5.61. The minimum atomic E-state index is 0.285. The molecule has 17 heavy (non-hydrogen) atoms. The maximum Gasteiger partial charge on any atom is 0.203 e. The van der Waals surface area contributed by atoms with E-state index in [9.17, 15) is 0 Å². The summed E-state index contributed by atoms with van der Waals surface area (Å²) >= 11 is 0. The first-order valence-electron chi connectivity index (χ1n) is 5.72. The third-order valence-corrected chi connectivity index (χ3v) is 3.10. The molecule has 6 nitrogen and oxygen atoms in total. The van der Waals surface area contributed by atoms with E-state index in [2.05, 4.69) is 22.2 Å². The van der Waals surface area contributed by atoms with Crippen LogP contribution >= 0.6 is 0 Å². The number of rotatable bonds is 4. The van der Waals surface area contributed by atoms with E-state index < -0.39 is 0 Å². The van der Waals surface area contributed by atoms with E-state index in [1.807, 2.05) is 0 Å². The van der Waals surface area contributed by atoms with Crippen molar-refractivity contribution < 1.29 is 9.47 Å². The summed E-state index contributed by atoms with van der Waals surface area (Å²) in [5.74, 6) is 1.98. The van der Waals surface area contributed by atoms with Gasteiger partial charge in [0, 0.05) is 19.1 Å². The Morgan fingerprint density at radius 2 is 2.41 bits per heavy atom. The molecule has 0 bridgehead atoms. The Balaban J connectivity index is 2.01. The second-order valence-electron chi connectivity index (χ2n) is 4.15. The van der Waals surface area contributed by atoms with Gasteiger partial charge in [0.05, 0.1) is 13.2 Å². The molecule has 6 heteroatoms. The lowest BCUT2D eigenvalue weighted by molar-refractivity contribution is 0.108. The number of nitrogen functional groups attached to an aromatic ring is 1. The molecule has 1 saturated heterocycles. The van der Waals surface area contributed by atoms with Crippen LogP contribution in [0.25, 0.3) is 0 Å². The van der Waals surface area contributed by atoms with Gasteiger partial charge in [-0.15, -0.1) is 0 Å². The molecule has 3 N–H and O–H groups in total. The van der Waals surface area contributed by atoms with E-state index in [0.29, 0.717) is 23.3 Å². The molecule has 1 aromatic heterocycles. The average molecular weight is 238 g/mol. The number of nitrogens with zero attached hydrogens (tertiary/aromatic N) is 2. The van der Waals surface area contributed by atoms with Gasteiger partial charge in [0.25, 0.3) is 0 Å². The molecule has 0 aliphatic carbocycles. The maximum atomic E-state index is 5.70. The number of anilines is 2. The predicted molar refractivity (Wildman–Crippen MR) is 65.0 cm³/mol. The zero-order chi connectivity index (χ0) is 12.3. The Morgan fingerprint density at radius 3 is 3.06 bits per heavy atom. The van der Waals surface area contributed by atoms with Crippen molar-refractivity contribution in [3.05, 3.63) is 6.33 Å². The van der Waals surface area contributed by atoms with Gasteiger partial charge >= 0.3 is 0 Å². The fourth-order valence-corrected chi connectivity index (χ4v) is 1.99. The Labute approximate surface area is 101 Å². The quantitative estimate of drug-likeness (QED) is 0.811. The molecule has 1 aliphatic rings. The summed E-state index contributed by atoms with van der Waals surface area (Å²) in [6.45, 7) is 3.72. The van der Waals surface area contributed by atoms with Crippen LogP contribution in [0.15, 0.2) is 6.33 Å². The van der Waals surface area contributed by atoms with Crippen LogP contribution < -0.4 is 15.8 Å². The molecule has 0 spiro atoms. The first kappa shape index (κ1) is 11.9. The maximum absolute atomic E-state index is 5.70. The van der Waals surface area contributed by atoms with Crippen molar-refractivity contribution in [1.29, 1.82) is 0 Å². The molecule has 0 amide bonds. The van der Waals surface area contributed by atoms with Crippen molar-refractivity contribution in [2.75, 3.05) is 31.3 Å². The van der Waals surface area contributed by atoms with Crippen LogP contribution in [-0.4, -0.2) is 36.3 Å². The smallest absolute Gasteiger partial charge is 0.203 e. The second-order valence-corrected chi connectivity index (χ2v) is 4.15. The third kappa shape index (κ3) is 2.58. The van der Waals surface area contributed by atoms with Gasteiger partial charge in [-0.3, -0.25) is 0 Å². The lowest BCUT2D eigenvalue weighted by Gasteiger charge is -2.16. The van der Waals surface area contributed by atoms with Crippen LogP contribution in [0.5, 0.6) is 5.75 Å². The van der Waals surface area contributed by atoms with Crippen LogP contribution in [0.2, 0.25) is 0 Å². The normalized spacial score (nSPS) is 23.6. The monoisotopic (exact) mass is 238 g/mol. The molecular formula is C11H18N4O2. The fourth-order valence-electron chi connectivity index (χ4n) is 1.99. The van der Waals surface area contributed by atoms with E-state index >= 15 is 0 Å². The lowest BCUT2D eigenvalue weighted by atomic mass is 10.0. The largest absolute Gasteiger partial charge is 0.490 e. The minimum absolute atomic E-state index is 0.285. The number of hydrogen-bond donors (Lipinski definition) is 2. The Kier molecular flexibility index (Phi) is 3.63. The van der Waals surface area contributed by atoms with Crippen molar-refractivity contribution in [2.24, 2.45) is 5.92 Å². The molecule has 0 aromatic carbocycles. The van der Waals surface area contributed by atoms with Gasteiger partial charge in [0.1, 0.15) is 6.33 Å². The highest BCUT2D eigenvalue weighted by Crippen LogP contribution is 2.27. The van der Waals surface area contributed by atoms with Gasteiger partial charge in [-0.25, -0.2) is 9.97 Å². The minimum Gasteiger partial charge on any atom is -0.490 e. The van der Waals surface area contributed by atoms with Crippen molar-refractivity contribution in [2.45, 2.75) is 19.4 Å². The Bertz CT molecular complexity index is 386. The van der Waals surface area contributed by atoms with E-state index in [-0.39, 0.29) is 6.10 Å². The van der Waals surface area contributed by atoms with Crippen molar-refractivity contribution in [3.63, 3.8) is 0 Å². The summed E-state index contributed by atoms with van der Waals surface area (Å²) in [7, 11) is 1.56. The van der Waals surface area contributed by atoms with Gasteiger partial charge < -0.3 is 20.5 Å². The summed E-state index contributed by atoms with van der Waals surface area (Å²) in [4.78, 5) is 8.01. The molecule has 2 unspecified atom stereocenters. The zero-order valence-electron chi connectivity index (χ0n) is 10.1. The Hall–Kier alpha value is -1.56. The van der Waals surface area contributed by atoms with Crippen LogP contribution in [-0.2, 0) is 4.74 Å². The molecular weight excluding hydrogens is 220 g/mol. The molecule has 1 aromatic rings. The topological polar surface area (TPSA) is 82.3 Å². The Morgan fingerprint density at radius 1 is 1.59 bits per heavy atom. The van der Waals surface area contributed by atoms with E-state index in [1.165, 1.54) is 6.33 Å². The van der Waals surface area contributed by atoms with Crippen molar-refractivity contribution in [3.8, 4) is 5.75 Å². The summed E-state index contributed by atoms with van der Waals surface area (Å²) in [5.41, 5.74) is 5.70. The van der Waals surface area contributed by atoms with E-state index in [4.69, 9.17) is 15.2 Å². The number of nitrogens with one attached hydrogen (secondary N) is 1. The summed E-state index contributed by atoms with van der Waals surface area (Å²) in [5, 5.41) is 3.24. The summed E-state index contributed by atoms with van der Waals surface area (Å²) < 4.78 is 10.7. The molecule has 2 heterocycles. The number of ether oxygens (including phenoxy) is 2. The van der Waals surface area contributed by atoms with Crippen LogP contribution in [0.4, 0.5) is 11.6 Å². The van der Waals surface area contributed by atoms with Gasteiger partial charge in [0.15, 0.2) is 11.6 Å². The molecule has 2 atom stereocenters. The first-order valence-corrected chi connectivity index (χ1v) is 5.72. The third-order valence-electron chi connectivity index (χ3n) is 3.10. The molecule has 0 radical (unpaired) electrons. The van der Waals surface area contributed by atoms with Crippen LogP contribution in [0.1, 0.15) is 13.3 Å². The fraction of sp³-hybridized carbons (Fsp3) is 0.636. The van der Waals surface area contributed by atoms with Crippen LogP contribution in [0, 0.1) is 5.92 Å². The second kappa shape index (κ2) is 5.18. The number of aromatic nitrogens is 2. The SMILES string of the molecule is COc1c(N)ncnc1NCC1CCOC1C. The lowest BCUT2D eigenvalue weighted by Crippen LogP contribution is -2.21. The number of nitrogens with two attached hydrogens (primary N) is 1. The zero-order valence-corrected chi connectivity index (χ0v) is 10.1. The van der Waals surface area contributed by atoms with Gasteiger partial charge in [-0.05, 0) is 13.3 Å². The molecule has 94 valence electrons. The molecule has 1 fully saturated rings. The molecule has 0 saturated carbocycles. The highest BCUT2D eigenvalue weighted by atomic mass is 16.5. The first-order chi connectivity index (χ1) is 8.22. The summed E-state index contributed by atoms with van der Waals surface area (Å²) in [6.07, 6.45) is 2.78. The number of methoxy groups -OCH3 is 1. The molecule has 1 aliphatic heterocycles. The van der Waals surface area contributed by atoms with Crippen LogP contribution in [0.3, 0.4) is 0 Å². The van der Waals surface area contributed by atoms with Gasteiger partial charge in [0.2, 0.25) is 5.75 Å². The number of hydrogen-bond acceptors (Lipinski definition) is 6. The van der Waals surface area contributed by atoms with E-state index in [1.54, 1.807) is 7.11 Å². The van der Waals surface area contributed by atoms with Crippen molar-refractivity contribution >= 4 is 11.6 Å². The summed E-state index contributed by atoms with van der Waals surface area (Å²) in [6, 6.07) is 0. The predicted octanol–water partition coefficient (Wildman–Crippen LogP) is 0.904. The average Bonchev–Trinajstić information content (AvgIpc) is 2.72.